The van der Waals surface area contributed by atoms with Crippen molar-refractivity contribution in [2.75, 3.05) is 26.0 Å². The Balaban J connectivity index is 1.76. The molecule has 0 unspecified atom stereocenters. The van der Waals surface area contributed by atoms with Gasteiger partial charge in [0, 0.05) is 12.3 Å². The number of benzene rings is 2. The summed E-state index contributed by atoms with van der Waals surface area (Å²) in [5.41, 5.74) is 4.18. The Morgan fingerprint density at radius 1 is 1.14 bits per heavy atom. The van der Waals surface area contributed by atoms with E-state index in [4.69, 9.17) is 14.5 Å². The van der Waals surface area contributed by atoms with Crippen LogP contribution in [0.4, 0.5) is 5.69 Å². The number of methoxy groups -OCH3 is 1. The maximum Gasteiger partial charge on any atom is 0.266 e. The van der Waals surface area contributed by atoms with E-state index in [1.807, 2.05) is 50.2 Å². The largest absolute Gasteiger partial charge is 0.494 e. The van der Waals surface area contributed by atoms with Crippen molar-refractivity contribution in [3.63, 3.8) is 0 Å². The number of carbonyl (C=O) groups excluding carboxylic acids is 1. The van der Waals surface area contributed by atoms with E-state index in [0.29, 0.717) is 23.2 Å². The van der Waals surface area contributed by atoms with Crippen LogP contribution >= 0.6 is 11.8 Å². The van der Waals surface area contributed by atoms with E-state index < -0.39 is 0 Å². The fraction of sp³-hybridized carbons (Fsp3) is 0.364. The first-order chi connectivity index (χ1) is 13.5. The number of amidine groups is 1. The summed E-state index contributed by atoms with van der Waals surface area (Å²) in [6, 6.07) is 11.7. The van der Waals surface area contributed by atoms with Gasteiger partial charge in [0.05, 0.1) is 7.11 Å². The van der Waals surface area contributed by atoms with Crippen molar-refractivity contribution in [3.05, 3.63) is 53.1 Å². The van der Waals surface area contributed by atoms with Gasteiger partial charge in [-0.3, -0.25) is 9.69 Å². The van der Waals surface area contributed by atoms with Gasteiger partial charge in [-0.15, -0.1) is 0 Å². The van der Waals surface area contributed by atoms with Crippen LogP contribution in [-0.4, -0.2) is 42.0 Å². The summed E-state index contributed by atoms with van der Waals surface area (Å²) < 4.78 is 11.2. The van der Waals surface area contributed by atoms with Gasteiger partial charge in [-0.2, -0.15) is 0 Å². The molecule has 5 nitrogen and oxygen atoms in total. The van der Waals surface area contributed by atoms with Crippen LogP contribution in [-0.2, 0) is 4.79 Å². The molecule has 1 heterocycles. The molecule has 148 valence electrons. The van der Waals surface area contributed by atoms with Gasteiger partial charge in [0.15, 0.2) is 11.8 Å². The molecule has 28 heavy (non-hydrogen) atoms. The number of rotatable bonds is 5. The van der Waals surface area contributed by atoms with Crippen molar-refractivity contribution in [3.8, 4) is 11.5 Å². The lowest BCUT2D eigenvalue weighted by Crippen LogP contribution is -2.41. The summed E-state index contributed by atoms with van der Waals surface area (Å²) in [5.74, 6) is 2.26. The minimum Gasteiger partial charge on any atom is -0.494 e. The van der Waals surface area contributed by atoms with E-state index in [9.17, 15) is 4.79 Å². The van der Waals surface area contributed by atoms with E-state index in [2.05, 4.69) is 6.92 Å². The topological polar surface area (TPSA) is 51.1 Å². The van der Waals surface area contributed by atoms with Gasteiger partial charge in [0.25, 0.3) is 5.91 Å². The number of ether oxygens (including phenoxy) is 2. The molecule has 2 aromatic rings. The van der Waals surface area contributed by atoms with E-state index in [1.54, 1.807) is 23.8 Å². The van der Waals surface area contributed by atoms with Gasteiger partial charge in [0.1, 0.15) is 17.2 Å². The number of hydrogen-bond acceptors (Lipinski definition) is 5. The first-order valence-corrected chi connectivity index (χ1v) is 10.3. The van der Waals surface area contributed by atoms with Gasteiger partial charge in [-0.25, -0.2) is 4.99 Å². The predicted octanol–water partition coefficient (Wildman–Crippen LogP) is 4.65. The van der Waals surface area contributed by atoms with Crippen molar-refractivity contribution in [1.82, 2.24) is 4.90 Å². The first-order valence-electron chi connectivity index (χ1n) is 9.34. The van der Waals surface area contributed by atoms with E-state index in [1.165, 1.54) is 5.56 Å². The number of thioether (sulfide) groups is 1. The molecule has 3 rings (SSSR count). The Morgan fingerprint density at radius 2 is 1.96 bits per heavy atom. The molecule has 0 N–H and O–H groups in total. The maximum atomic E-state index is 12.8. The Labute approximate surface area is 170 Å². The Kier molecular flexibility index (Phi) is 6.62. The van der Waals surface area contributed by atoms with Gasteiger partial charge in [-0.1, -0.05) is 23.9 Å². The number of nitrogens with zero attached hydrogens (tertiary/aromatic N) is 2. The number of aliphatic imine (C=N–C) groups is 1. The summed E-state index contributed by atoms with van der Waals surface area (Å²) in [4.78, 5) is 19.3. The first kappa shape index (κ1) is 20.3. The van der Waals surface area contributed by atoms with Crippen LogP contribution in [0.3, 0.4) is 0 Å². The lowest BCUT2D eigenvalue weighted by Gasteiger charge is -2.28. The van der Waals surface area contributed by atoms with Crippen LogP contribution in [0.5, 0.6) is 11.5 Å². The summed E-state index contributed by atoms with van der Waals surface area (Å²) >= 11 is 1.59. The van der Waals surface area contributed by atoms with Crippen LogP contribution in [0.2, 0.25) is 0 Å². The van der Waals surface area contributed by atoms with Crippen molar-refractivity contribution < 1.29 is 14.3 Å². The fourth-order valence-electron chi connectivity index (χ4n) is 2.90. The molecule has 1 aliphatic rings. The maximum absolute atomic E-state index is 12.8. The van der Waals surface area contributed by atoms with E-state index in [-0.39, 0.29) is 12.5 Å². The molecule has 0 bridgehead atoms. The molecule has 0 radical (unpaired) electrons. The van der Waals surface area contributed by atoms with Crippen molar-refractivity contribution >= 4 is 28.5 Å². The van der Waals surface area contributed by atoms with Crippen LogP contribution in [0, 0.1) is 20.8 Å². The van der Waals surface area contributed by atoms with Crippen molar-refractivity contribution in [2.24, 2.45) is 4.99 Å². The van der Waals surface area contributed by atoms with Crippen LogP contribution in [0.25, 0.3) is 0 Å². The molecule has 0 aliphatic carbocycles. The zero-order chi connectivity index (χ0) is 20.1. The quantitative estimate of drug-likeness (QED) is 0.735. The summed E-state index contributed by atoms with van der Waals surface area (Å²) in [7, 11) is 1.63. The predicted molar refractivity (Wildman–Crippen MR) is 115 cm³/mol. The van der Waals surface area contributed by atoms with Crippen LogP contribution in [0.15, 0.2) is 41.4 Å². The molecule has 0 aromatic heterocycles. The van der Waals surface area contributed by atoms with E-state index >= 15 is 0 Å². The third-order valence-electron chi connectivity index (χ3n) is 4.68. The highest BCUT2D eigenvalue weighted by Gasteiger charge is 2.24. The number of amides is 1. The molecule has 1 amide bonds. The average Bonchev–Trinajstić information content (AvgIpc) is 2.69. The van der Waals surface area contributed by atoms with Gasteiger partial charge in [-0.05, 0) is 68.1 Å². The Bertz CT molecular complexity index is 895. The minimum absolute atomic E-state index is 0.00691. The SMILES string of the molecule is COc1ccc(C)cc1N=C1SCCCN1C(=O)COc1ccc(C)c(C)c1. The molecule has 0 spiro atoms. The van der Waals surface area contributed by atoms with Crippen LogP contribution in [0.1, 0.15) is 23.1 Å². The second-order valence-corrected chi connectivity index (χ2v) is 7.91. The molecular weight excluding hydrogens is 372 g/mol. The number of carbonyl (C=O) groups is 1. The molecule has 1 aliphatic heterocycles. The third kappa shape index (κ3) is 4.87. The second kappa shape index (κ2) is 9.15. The molecule has 0 atom stereocenters. The normalized spacial score (nSPS) is 15.6. The third-order valence-corrected chi connectivity index (χ3v) is 5.74. The van der Waals surface area contributed by atoms with Gasteiger partial charge in [0.2, 0.25) is 0 Å². The highest BCUT2D eigenvalue weighted by molar-refractivity contribution is 8.13. The highest BCUT2D eigenvalue weighted by Crippen LogP contribution is 2.31. The Morgan fingerprint density at radius 3 is 2.71 bits per heavy atom. The van der Waals surface area contributed by atoms with Crippen LogP contribution < -0.4 is 9.47 Å². The lowest BCUT2D eigenvalue weighted by atomic mass is 10.1. The standard InChI is InChI=1S/C22H26N2O3S/c1-15-6-9-20(26-4)19(12-15)23-22-24(10-5-11-28-22)21(25)14-27-18-8-7-16(2)17(3)13-18/h6-9,12-13H,5,10-11,14H2,1-4H3. The zero-order valence-corrected chi connectivity index (χ0v) is 17.6. The second-order valence-electron chi connectivity index (χ2n) is 6.85. The van der Waals surface area contributed by atoms with E-state index in [0.717, 1.165) is 29.0 Å². The fourth-order valence-corrected chi connectivity index (χ4v) is 3.87. The van der Waals surface area contributed by atoms with Crippen molar-refractivity contribution in [2.45, 2.75) is 27.2 Å². The minimum atomic E-state index is -0.0872. The Hall–Kier alpha value is -2.47. The number of aryl methyl sites for hydroxylation is 3. The molecule has 1 fully saturated rings. The zero-order valence-electron chi connectivity index (χ0n) is 16.8. The van der Waals surface area contributed by atoms with Gasteiger partial charge < -0.3 is 9.47 Å². The van der Waals surface area contributed by atoms with Crippen molar-refractivity contribution in [1.29, 1.82) is 0 Å². The number of hydrogen-bond donors (Lipinski definition) is 0. The molecule has 1 saturated heterocycles. The summed E-state index contributed by atoms with van der Waals surface area (Å²) in [5, 5.41) is 0.698. The summed E-state index contributed by atoms with van der Waals surface area (Å²) in [6.07, 6.45) is 0.935. The monoisotopic (exact) mass is 398 g/mol. The molecule has 2 aromatic carbocycles. The smallest absolute Gasteiger partial charge is 0.266 e. The average molecular weight is 399 g/mol. The molecular formula is C22H26N2O3S. The van der Waals surface area contributed by atoms with Gasteiger partial charge >= 0.3 is 0 Å². The summed E-state index contributed by atoms with van der Waals surface area (Å²) in [6.45, 7) is 6.74. The molecule has 6 heteroatoms. The lowest BCUT2D eigenvalue weighted by molar-refractivity contribution is -0.129. The molecule has 0 saturated carbocycles. The highest BCUT2D eigenvalue weighted by atomic mass is 32.2.